The van der Waals surface area contributed by atoms with Crippen molar-refractivity contribution in [2.75, 3.05) is 7.11 Å². The third-order valence-corrected chi connectivity index (χ3v) is 1.80. The molecule has 0 atom stereocenters. The average molecular weight is 175 g/mol. The van der Waals surface area contributed by atoms with Crippen molar-refractivity contribution in [2.24, 2.45) is 0 Å². The average Bonchev–Trinajstić information content (AvgIpc) is 1.88. The van der Waals surface area contributed by atoms with E-state index in [1.54, 1.807) is 13.2 Å². The van der Waals surface area contributed by atoms with Gasteiger partial charge in [0.2, 0.25) is 0 Å². The zero-order valence-electron chi connectivity index (χ0n) is 5.47. The first-order chi connectivity index (χ1) is 4.75. The quantitative estimate of drug-likeness (QED) is 0.644. The first-order valence-electron chi connectivity index (χ1n) is 2.77. The Kier molecular flexibility index (Phi) is 2.46. The Morgan fingerprint density at radius 1 is 1.50 bits per heavy atom. The summed E-state index contributed by atoms with van der Waals surface area (Å²) in [6, 6.07) is 5.42. The monoisotopic (exact) mass is 174 g/mol. The van der Waals surface area contributed by atoms with E-state index in [9.17, 15) is 0 Å². The van der Waals surface area contributed by atoms with Crippen molar-refractivity contribution < 1.29 is 4.74 Å². The van der Waals surface area contributed by atoms with E-state index in [-0.39, 0.29) is 0 Å². The summed E-state index contributed by atoms with van der Waals surface area (Å²) in [5, 5.41) is 0.593. The molecule has 1 nitrogen and oxygen atoms in total. The van der Waals surface area contributed by atoms with Crippen LogP contribution in [-0.4, -0.2) is 7.11 Å². The maximum Gasteiger partial charge on any atom is 0.150 e. The fraction of sp³-hybridized carbons (Fsp3) is 0.143. The zero-order chi connectivity index (χ0) is 7.56. The molecule has 54 valence electrons. The summed E-state index contributed by atoms with van der Waals surface area (Å²) in [7, 11) is 1.57. The summed E-state index contributed by atoms with van der Waals surface area (Å²) >= 11 is 9.89. The number of rotatable bonds is 1. The lowest BCUT2D eigenvalue weighted by Gasteiger charge is -2.03. The molecule has 3 heteroatoms. The van der Waals surface area contributed by atoms with E-state index in [4.69, 9.17) is 16.3 Å². The first kappa shape index (κ1) is 7.76. The largest absolute Gasteiger partial charge is 0.494 e. The van der Waals surface area contributed by atoms with Gasteiger partial charge in [-0.05, 0) is 12.1 Å². The molecule has 0 amide bonds. The van der Waals surface area contributed by atoms with E-state index >= 15 is 0 Å². The summed E-state index contributed by atoms with van der Waals surface area (Å²) in [4.78, 5) is 0.759. The maximum atomic E-state index is 5.76. The molecule has 0 aliphatic rings. The number of hydrogen-bond acceptors (Lipinski definition) is 2. The molecule has 0 spiro atoms. The molecule has 0 N–H and O–H groups in total. The summed E-state index contributed by atoms with van der Waals surface area (Å²) in [6.07, 6.45) is 0. The predicted octanol–water partition coefficient (Wildman–Crippen LogP) is 2.64. The number of benzene rings is 1. The van der Waals surface area contributed by atoms with Gasteiger partial charge in [-0.25, -0.2) is 0 Å². The van der Waals surface area contributed by atoms with Crippen LogP contribution in [0.2, 0.25) is 5.02 Å². The molecule has 0 saturated heterocycles. The van der Waals surface area contributed by atoms with Gasteiger partial charge < -0.3 is 4.74 Å². The van der Waals surface area contributed by atoms with Gasteiger partial charge in [-0.3, -0.25) is 0 Å². The van der Waals surface area contributed by atoms with Gasteiger partial charge in [-0.15, -0.1) is 12.6 Å². The topological polar surface area (TPSA) is 9.23 Å². The molecule has 0 unspecified atom stereocenters. The molecular weight excluding hydrogens is 168 g/mol. The highest BCUT2D eigenvalue weighted by molar-refractivity contribution is 7.80. The molecule has 1 aromatic rings. The Morgan fingerprint density at radius 3 is 2.60 bits per heavy atom. The highest BCUT2D eigenvalue weighted by atomic mass is 35.5. The second-order valence-corrected chi connectivity index (χ2v) is 2.68. The summed E-state index contributed by atoms with van der Waals surface area (Å²) in [5.41, 5.74) is 0. The first-order valence-corrected chi connectivity index (χ1v) is 3.59. The number of hydrogen-bond donors (Lipinski definition) is 1. The highest BCUT2D eigenvalue weighted by Gasteiger charge is 2.01. The maximum absolute atomic E-state index is 5.76. The molecule has 0 aromatic heterocycles. The molecule has 0 fully saturated rings. The molecule has 1 aromatic carbocycles. The Balaban J connectivity index is 3.17. The number of methoxy groups -OCH3 is 1. The van der Waals surface area contributed by atoms with Crippen LogP contribution in [0.15, 0.2) is 23.1 Å². The second kappa shape index (κ2) is 3.17. The fourth-order valence-corrected chi connectivity index (χ4v) is 1.31. The van der Waals surface area contributed by atoms with Gasteiger partial charge in [0.1, 0.15) is 0 Å². The van der Waals surface area contributed by atoms with Crippen LogP contribution in [0.3, 0.4) is 0 Å². The third kappa shape index (κ3) is 1.39. The molecule has 0 radical (unpaired) electrons. The Hall–Kier alpha value is -0.340. The molecule has 1 rings (SSSR count). The molecule has 0 aliphatic heterocycles. The van der Waals surface area contributed by atoms with Crippen molar-refractivity contribution in [3.8, 4) is 5.75 Å². The summed E-state index contributed by atoms with van der Waals surface area (Å²) < 4.78 is 4.97. The van der Waals surface area contributed by atoms with Gasteiger partial charge in [0.25, 0.3) is 0 Å². The minimum Gasteiger partial charge on any atom is -0.494 e. The molecule has 0 heterocycles. The molecule has 0 aliphatic carbocycles. The molecule has 0 saturated carbocycles. The number of thiol groups is 1. The molecule has 10 heavy (non-hydrogen) atoms. The van der Waals surface area contributed by atoms with Crippen molar-refractivity contribution in [2.45, 2.75) is 4.90 Å². The Labute approximate surface area is 70.4 Å². The normalized spacial score (nSPS) is 9.50. The second-order valence-electron chi connectivity index (χ2n) is 1.79. The van der Waals surface area contributed by atoms with Gasteiger partial charge in [-0.2, -0.15) is 0 Å². The van der Waals surface area contributed by atoms with E-state index in [1.165, 1.54) is 0 Å². The number of para-hydroxylation sites is 1. The Morgan fingerprint density at radius 2 is 2.20 bits per heavy atom. The standard InChI is InChI=1S/C7H7ClOS/c1-9-7-5(8)3-2-4-6(7)10/h2-4,10H,1H3. The van der Waals surface area contributed by atoms with Gasteiger partial charge >= 0.3 is 0 Å². The van der Waals surface area contributed by atoms with Crippen molar-refractivity contribution in [3.05, 3.63) is 23.2 Å². The van der Waals surface area contributed by atoms with Gasteiger partial charge in [0.15, 0.2) is 5.75 Å². The van der Waals surface area contributed by atoms with Crippen LogP contribution in [0.25, 0.3) is 0 Å². The lowest BCUT2D eigenvalue weighted by atomic mass is 10.3. The lowest BCUT2D eigenvalue weighted by Crippen LogP contribution is -1.84. The minimum absolute atomic E-state index is 0.593. The highest BCUT2D eigenvalue weighted by Crippen LogP contribution is 2.30. The SMILES string of the molecule is COc1c(S)cccc1Cl. The van der Waals surface area contributed by atoms with Crippen LogP contribution in [0.5, 0.6) is 5.75 Å². The van der Waals surface area contributed by atoms with Crippen LogP contribution in [0.4, 0.5) is 0 Å². The van der Waals surface area contributed by atoms with E-state index in [0.29, 0.717) is 10.8 Å². The van der Waals surface area contributed by atoms with Crippen molar-refractivity contribution in [1.29, 1.82) is 0 Å². The Bertz CT molecular complexity index is 217. The van der Waals surface area contributed by atoms with E-state index in [1.807, 2.05) is 12.1 Å². The number of ether oxygens (including phenoxy) is 1. The fourth-order valence-electron chi connectivity index (χ4n) is 0.700. The molecule has 0 bridgehead atoms. The van der Waals surface area contributed by atoms with Crippen LogP contribution in [0.1, 0.15) is 0 Å². The summed E-state index contributed by atoms with van der Waals surface area (Å²) in [6.45, 7) is 0. The van der Waals surface area contributed by atoms with E-state index in [0.717, 1.165) is 4.90 Å². The van der Waals surface area contributed by atoms with E-state index < -0.39 is 0 Å². The lowest BCUT2D eigenvalue weighted by molar-refractivity contribution is 0.405. The van der Waals surface area contributed by atoms with Crippen LogP contribution >= 0.6 is 24.2 Å². The molecular formula is C7H7ClOS. The summed E-state index contributed by atoms with van der Waals surface area (Å²) in [5.74, 6) is 0.632. The zero-order valence-corrected chi connectivity index (χ0v) is 7.12. The minimum atomic E-state index is 0.593. The smallest absolute Gasteiger partial charge is 0.150 e. The van der Waals surface area contributed by atoms with Gasteiger partial charge in [0.05, 0.1) is 12.1 Å². The third-order valence-electron chi connectivity index (χ3n) is 1.15. The number of halogens is 1. The van der Waals surface area contributed by atoms with Crippen LogP contribution in [-0.2, 0) is 0 Å². The van der Waals surface area contributed by atoms with Crippen LogP contribution in [0, 0.1) is 0 Å². The van der Waals surface area contributed by atoms with Crippen molar-refractivity contribution >= 4 is 24.2 Å². The predicted molar refractivity (Wildman–Crippen MR) is 45.3 cm³/mol. The van der Waals surface area contributed by atoms with Gasteiger partial charge in [0, 0.05) is 4.90 Å². The van der Waals surface area contributed by atoms with E-state index in [2.05, 4.69) is 12.6 Å². The van der Waals surface area contributed by atoms with Crippen molar-refractivity contribution in [3.63, 3.8) is 0 Å². The van der Waals surface area contributed by atoms with Crippen molar-refractivity contribution in [1.82, 2.24) is 0 Å². The van der Waals surface area contributed by atoms with Crippen LogP contribution < -0.4 is 4.74 Å². The van der Waals surface area contributed by atoms with Gasteiger partial charge in [-0.1, -0.05) is 17.7 Å².